The number of fused-ring (bicyclic) bond motifs is 1. The average molecular weight is 579 g/mol. The summed E-state index contributed by atoms with van der Waals surface area (Å²) in [5, 5.41) is 5.59. The molecule has 0 aliphatic carbocycles. The number of amides is 1. The number of nitrogen functional groups attached to an aromatic ring is 1. The zero-order valence-electron chi connectivity index (χ0n) is 24.7. The van der Waals surface area contributed by atoms with Gasteiger partial charge in [0.05, 0.1) is 30.4 Å². The van der Waals surface area contributed by atoms with Crippen LogP contribution in [0.15, 0.2) is 61.6 Å². The number of piperidine rings is 1. The van der Waals surface area contributed by atoms with E-state index in [0.29, 0.717) is 41.9 Å². The van der Waals surface area contributed by atoms with E-state index in [0.717, 1.165) is 52.0 Å². The van der Waals surface area contributed by atoms with Gasteiger partial charge >= 0.3 is 0 Å². The Morgan fingerprint density at radius 2 is 1.91 bits per heavy atom. The monoisotopic (exact) mass is 578 g/mol. The molecule has 0 atom stereocenters. The van der Waals surface area contributed by atoms with Crippen LogP contribution >= 0.6 is 0 Å². The first-order valence-electron chi connectivity index (χ1n) is 14.1. The summed E-state index contributed by atoms with van der Waals surface area (Å²) < 4.78 is 16.0. The second-order valence-corrected chi connectivity index (χ2v) is 10.7. The maximum absolute atomic E-state index is 12.1. The summed E-state index contributed by atoms with van der Waals surface area (Å²) in [5.74, 6) is 1.93. The Kier molecular flexibility index (Phi) is 7.31. The van der Waals surface area contributed by atoms with Crippen molar-refractivity contribution in [3.8, 4) is 39.8 Å². The third-order valence-corrected chi connectivity index (χ3v) is 8.12. The van der Waals surface area contributed by atoms with E-state index < -0.39 is 0 Å². The van der Waals surface area contributed by atoms with Gasteiger partial charge in [-0.25, -0.2) is 15.0 Å². The van der Waals surface area contributed by atoms with Crippen molar-refractivity contribution >= 4 is 22.8 Å². The van der Waals surface area contributed by atoms with E-state index in [1.807, 2.05) is 66.0 Å². The van der Waals surface area contributed by atoms with Crippen LogP contribution in [0.25, 0.3) is 33.4 Å². The van der Waals surface area contributed by atoms with Crippen LogP contribution in [0.3, 0.4) is 0 Å². The molecule has 1 aliphatic rings. The fourth-order valence-electron chi connectivity index (χ4n) is 5.95. The van der Waals surface area contributed by atoms with Crippen LogP contribution in [0.2, 0.25) is 0 Å². The molecule has 5 heterocycles. The summed E-state index contributed by atoms with van der Waals surface area (Å²) in [5.41, 5.74) is 12.7. The molecule has 5 aromatic rings. The average Bonchev–Trinajstić information content (AvgIpc) is 3.54. The number of aryl methyl sites for hydroxylation is 2. The topological polar surface area (TPSA) is 126 Å². The molecule has 11 nitrogen and oxygen atoms in total. The van der Waals surface area contributed by atoms with Gasteiger partial charge in [-0.1, -0.05) is 18.7 Å². The van der Waals surface area contributed by atoms with Crippen molar-refractivity contribution in [2.24, 2.45) is 7.05 Å². The van der Waals surface area contributed by atoms with E-state index in [4.69, 9.17) is 20.3 Å². The largest absolute Gasteiger partial charge is 0.493 e. The first-order chi connectivity index (χ1) is 20.8. The highest BCUT2D eigenvalue weighted by atomic mass is 16.5. The highest BCUT2D eigenvalue weighted by molar-refractivity contribution is 6.08. The predicted molar refractivity (Wildman–Crippen MR) is 165 cm³/mol. The molecule has 4 aromatic heterocycles. The van der Waals surface area contributed by atoms with Crippen LogP contribution in [0.4, 0.5) is 5.82 Å². The SMILES string of the molecule is C=CC(=O)N1CCC(n2ncc(-c3c(-c4ccc(Oc5cccc(C)n5)c(OC)c4)c4c(N)ncnc4n3C)c2C)CC1. The van der Waals surface area contributed by atoms with Crippen molar-refractivity contribution in [2.45, 2.75) is 32.7 Å². The summed E-state index contributed by atoms with van der Waals surface area (Å²) >= 11 is 0. The van der Waals surface area contributed by atoms with Gasteiger partial charge in [-0.05, 0) is 56.5 Å². The fraction of sp³-hybridized carbons (Fsp3) is 0.281. The molecule has 1 aromatic carbocycles. The molecule has 0 spiro atoms. The highest BCUT2D eigenvalue weighted by Crippen LogP contribution is 2.45. The molecule has 6 rings (SSSR count). The number of ether oxygens (including phenoxy) is 2. The number of benzene rings is 1. The molecule has 11 heteroatoms. The molecular weight excluding hydrogens is 544 g/mol. The lowest BCUT2D eigenvalue weighted by molar-refractivity contribution is -0.127. The van der Waals surface area contributed by atoms with Crippen LogP contribution in [0.5, 0.6) is 17.4 Å². The Morgan fingerprint density at radius 3 is 2.63 bits per heavy atom. The predicted octanol–water partition coefficient (Wildman–Crippen LogP) is 5.24. The quantitative estimate of drug-likeness (QED) is 0.260. The summed E-state index contributed by atoms with van der Waals surface area (Å²) in [7, 11) is 3.58. The number of aromatic nitrogens is 6. The Morgan fingerprint density at radius 1 is 1.12 bits per heavy atom. The summed E-state index contributed by atoms with van der Waals surface area (Å²) in [6.45, 7) is 8.95. The number of methoxy groups -OCH3 is 1. The van der Waals surface area contributed by atoms with Crippen LogP contribution in [0.1, 0.15) is 30.3 Å². The molecule has 0 bridgehead atoms. The lowest BCUT2D eigenvalue weighted by Gasteiger charge is -2.32. The van der Waals surface area contributed by atoms with Crippen LogP contribution < -0.4 is 15.2 Å². The van der Waals surface area contributed by atoms with E-state index in [2.05, 4.69) is 33.1 Å². The van der Waals surface area contributed by atoms with Gasteiger partial charge in [-0.3, -0.25) is 9.48 Å². The molecule has 1 fully saturated rings. The van der Waals surface area contributed by atoms with Crippen molar-refractivity contribution in [2.75, 3.05) is 25.9 Å². The number of anilines is 1. The number of hydrogen-bond acceptors (Lipinski definition) is 8. The number of nitrogens with zero attached hydrogens (tertiary/aromatic N) is 7. The summed E-state index contributed by atoms with van der Waals surface area (Å²) in [6.07, 6.45) is 6.38. The van der Waals surface area contributed by atoms with Gasteiger partial charge in [-0.15, -0.1) is 0 Å². The van der Waals surface area contributed by atoms with Gasteiger partial charge < -0.3 is 24.7 Å². The van der Waals surface area contributed by atoms with Crippen molar-refractivity contribution in [3.63, 3.8) is 0 Å². The summed E-state index contributed by atoms with van der Waals surface area (Å²) in [4.78, 5) is 27.3. The van der Waals surface area contributed by atoms with Gasteiger partial charge in [0.2, 0.25) is 11.8 Å². The second kappa shape index (κ2) is 11.2. The Balaban J connectivity index is 1.44. The van der Waals surface area contributed by atoms with Crippen molar-refractivity contribution in [3.05, 3.63) is 73.0 Å². The summed E-state index contributed by atoms with van der Waals surface area (Å²) in [6, 6.07) is 11.6. The first-order valence-corrected chi connectivity index (χ1v) is 14.1. The Labute approximate surface area is 249 Å². The molecule has 0 unspecified atom stereocenters. The number of likely N-dealkylation sites (tertiary alicyclic amines) is 1. The van der Waals surface area contributed by atoms with E-state index >= 15 is 0 Å². The van der Waals surface area contributed by atoms with Gasteiger partial charge in [0.25, 0.3) is 0 Å². The van der Waals surface area contributed by atoms with E-state index in [-0.39, 0.29) is 11.9 Å². The van der Waals surface area contributed by atoms with Crippen LogP contribution in [0, 0.1) is 13.8 Å². The van der Waals surface area contributed by atoms with E-state index in [9.17, 15) is 4.79 Å². The molecule has 0 saturated carbocycles. The van der Waals surface area contributed by atoms with Crippen molar-refractivity contribution in [1.82, 2.24) is 34.2 Å². The Hall–Kier alpha value is -5.19. The zero-order chi connectivity index (χ0) is 30.2. The Bertz CT molecular complexity index is 1850. The van der Waals surface area contributed by atoms with Gasteiger partial charge in [0.15, 0.2) is 11.5 Å². The number of carbonyl (C=O) groups excluding carboxylic acids is 1. The number of rotatable bonds is 7. The van der Waals surface area contributed by atoms with Crippen LogP contribution in [-0.2, 0) is 11.8 Å². The first kappa shape index (κ1) is 28.0. The van der Waals surface area contributed by atoms with Gasteiger partial charge in [-0.2, -0.15) is 5.10 Å². The molecule has 220 valence electrons. The second-order valence-electron chi connectivity index (χ2n) is 10.7. The maximum atomic E-state index is 12.1. The smallest absolute Gasteiger partial charge is 0.245 e. The van der Waals surface area contributed by atoms with Crippen molar-refractivity contribution < 1.29 is 14.3 Å². The molecule has 1 aliphatic heterocycles. The normalized spacial score (nSPS) is 13.8. The minimum Gasteiger partial charge on any atom is -0.493 e. The van der Waals surface area contributed by atoms with Crippen molar-refractivity contribution in [1.29, 1.82) is 0 Å². The molecule has 43 heavy (non-hydrogen) atoms. The fourth-order valence-corrected chi connectivity index (χ4v) is 5.95. The molecule has 2 N–H and O–H groups in total. The lowest BCUT2D eigenvalue weighted by atomic mass is 9.98. The highest BCUT2D eigenvalue weighted by Gasteiger charge is 2.28. The molecule has 1 amide bonds. The number of nitrogens with two attached hydrogens (primary N) is 1. The minimum atomic E-state index is -0.0304. The molecule has 0 radical (unpaired) electrons. The van der Waals surface area contributed by atoms with Crippen LogP contribution in [-0.4, -0.2) is 60.3 Å². The van der Waals surface area contributed by atoms with Gasteiger partial charge in [0, 0.05) is 48.7 Å². The minimum absolute atomic E-state index is 0.0304. The maximum Gasteiger partial charge on any atom is 0.245 e. The third-order valence-electron chi connectivity index (χ3n) is 8.12. The van der Waals surface area contributed by atoms with E-state index in [1.165, 1.54) is 12.4 Å². The molecule has 1 saturated heterocycles. The number of pyridine rings is 1. The number of hydrogen-bond donors (Lipinski definition) is 1. The van der Waals surface area contributed by atoms with E-state index in [1.54, 1.807) is 7.11 Å². The molecular formula is C32H34N8O3. The lowest BCUT2D eigenvalue weighted by Crippen LogP contribution is -2.38. The number of carbonyl (C=O) groups is 1. The third kappa shape index (κ3) is 4.96. The van der Waals surface area contributed by atoms with Gasteiger partial charge in [0.1, 0.15) is 17.8 Å². The zero-order valence-corrected chi connectivity index (χ0v) is 24.7. The standard InChI is InChI=1S/C32H34N8O3/c1-6-27(41)39-14-12-22(13-15-39)40-20(3)23(17-36-40)30-28(29-31(33)34-18-35-32(29)38(30)4)21-10-11-24(25(16-21)42-5)43-26-9-7-8-19(2)37-26/h6-11,16-18,22H,1,12-15H2,2-5H3,(H2,33,34,35).